The van der Waals surface area contributed by atoms with Crippen molar-refractivity contribution in [1.82, 2.24) is 10.2 Å². The Morgan fingerprint density at radius 1 is 1.40 bits per heavy atom. The number of aromatic nitrogens is 2. The van der Waals surface area contributed by atoms with Crippen molar-refractivity contribution in [2.24, 2.45) is 0 Å². The van der Waals surface area contributed by atoms with E-state index in [9.17, 15) is 9.18 Å². The van der Waals surface area contributed by atoms with Gasteiger partial charge in [-0.2, -0.15) is 5.26 Å². The molecule has 0 aliphatic rings. The van der Waals surface area contributed by atoms with Gasteiger partial charge in [-0.15, -0.1) is 10.2 Å². The number of anilines is 2. The van der Waals surface area contributed by atoms with E-state index in [1.807, 2.05) is 19.9 Å². The second kappa shape index (κ2) is 9.34. The summed E-state index contributed by atoms with van der Waals surface area (Å²) < 4.78 is 13.8. The summed E-state index contributed by atoms with van der Waals surface area (Å²) in [6.07, 6.45) is 0.203. The highest BCUT2D eigenvalue weighted by atomic mass is 32.2. The Labute approximate surface area is 154 Å². The normalized spacial score (nSPS) is 10.5. The average Bonchev–Trinajstić information content (AvgIpc) is 3.01. The lowest BCUT2D eigenvalue weighted by Crippen LogP contribution is -2.33. The highest BCUT2D eigenvalue weighted by Gasteiger charge is 2.17. The maximum Gasteiger partial charge on any atom is 0.237 e. The van der Waals surface area contributed by atoms with Crippen LogP contribution in [-0.2, 0) is 4.79 Å². The molecule has 0 saturated heterocycles. The molecule has 6 nitrogen and oxygen atoms in total. The summed E-state index contributed by atoms with van der Waals surface area (Å²) in [4.78, 5) is 14.0. The van der Waals surface area contributed by atoms with Crippen LogP contribution in [0.5, 0.6) is 0 Å². The van der Waals surface area contributed by atoms with Crippen molar-refractivity contribution in [2.45, 2.75) is 30.6 Å². The number of carbonyl (C=O) groups is 1. The number of nitrogens with zero attached hydrogens (tertiary/aromatic N) is 4. The number of thioether (sulfide) groups is 1. The monoisotopic (exact) mass is 379 g/mol. The van der Waals surface area contributed by atoms with Gasteiger partial charge in [-0.25, -0.2) is 4.39 Å². The fraction of sp³-hybridized carbons (Fsp3) is 0.375. The number of benzene rings is 1. The molecule has 2 aromatic rings. The molecule has 1 aromatic carbocycles. The molecular formula is C16H18FN5OS2. The van der Waals surface area contributed by atoms with Crippen LogP contribution in [0.1, 0.15) is 20.3 Å². The van der Waals surface area contributed by atoms with E-state index in [4.69, 9.17) is 5.26 Å². The van der Waals surface area contributed by atoms with Crippen molar-refractivity contribution in [2.75, 3.05) is 22.5 Å². The lowest BCUT2D eigenvalue weighted by atomic mass is 10.2. The van der Waals surface area contributed by atoms with E-state index in [0.717, 1.165) is 0 Å². The molecule has 1 amide bonds. The highest BCUT2D eigenvalue weighted by Crippen LogP contribution is 2.27. The first kappa shape index (κ1) is 19.1. The predicted octanol–water partition coefficient (Wildman–Crippen LogP) is 3.54. The number of halogens is 1. The molecule has 9 heteroatoms. The summed E-state index contributed by atoms with van der Waals surface area (Å²) in [5.41, 5.74) is 0.571. The van der Waals surface area contributed by atoms with Gasteiger partial charge in [0.2, 0.25) is 11.0 Å². The summed E-state index contributed by atoms with van der Waals surface area (Å²) in [6.45, 7) is 4.28. The van der Waals surface area contributed by atoms with Gasteiger partial charge in [0.05, 0.1) is 18.2 Å². The number of carbonyl (C=O) groups excluding carboxylic acids is 1. The Morgan fingerprint density at radius 3 is 2.76 bits per heavy atom. The van der Waals surface area contributed by atoms with Crippen LogP contribution in [0.3, 0.4) is 0 Å². The van der Waals surface area contributed by atoms with Gasteiger partial charge in [-0.3, -0.25) is 4.79 Å². The highest BCUT2D eigenvalue weighted by molar-refractivity contribution is 8.01. The molecule has 0 atom stereocenters. The maximum absolute atomic E-state index is 13.1. The van der Waals surface area contributed by atoms with Crippen molar-refractivity contribution in [3.63, 3.8) is 0 Å². The van der Waals surface area contributed by atoms with Crippen LogP contribution in [0.4, 0.5) is 15.2 Å². The average molecular weight is 379 g/mol. The quantitative estimate of drug-likeness (QED) is 0.707. The molecular weight excluding hydrogens is 361 g/mol. The van der Waals surface area contributed by atoms with Crippen LogP contribution >= 0.6 is 23.1 Å². The third kappa shape index (κ3) is 5.99. The van der Waals surface area contributed by atoms with Crippen molar-refractivity contribution >= 4 is 39.8 Å². The summed E-state index contributed by atoms with van der Waals surface area (Å²) in [5.74, 6) is -0.371. The summed E-state index contributed by atoms with van der Waals surface area (Å²) in [7, 11) is 0. The Balaban J connectivity index is 2.00. The molecule has 0 unspecified atom stereocenters. The topological polar surface area (TPSA) is 81.9 Å². The number of hydrogen-bond acceptors (Lipinski definition) is 7. The molecule has 0 spiro atoms. The number of hydrogen-bond donors (Lipinski definition) is 1. The minimum absolute atomic E-state index is 0.166. The molecule has 1 aromatic heterocycles. The van der Waals surface area contributed by atoms with Crippen molar-refractivity contribution in [1.29, 1.82) is 5.26 Å². The first-order valence-electron chi connectivity index (χ1n) is 7.65. The zero-order valence-electron chi connectivity index (χ0n) is 13.9. The molecule has 0 radical (unpaired) electrons. The standard InChI is InChI=1S/C16H18FN5OS2/c1-11(2)19-15-20-21-16(25-15)24-10-14(23)22(9-3-8-18)13-6-4-12(17)5-7-13/h4-7,11H,3,9-10H2,1-2H3,(H,19,20). The van der Waals surface area contributed by atoms with Crippen LogP contribution in [-0.4, -0.2) is 34.4 Å². The number of amides is 1. The first-order chi connectivity index (χ1) is 12.0. The fourth-order valence-electron chi connectivity index (χ4n) is 1.96. The van der Waals surface area contributed by atoms with Crippen molar-refractivity contribution in [3.05, 3.63) is 30.1 Å². The molecule has 0 bridgehead atoms. The minimum Gasteiger partial charge on any atom is -0.358 e. The lowest BCUT2D eigenvalue weighted by Gasteiger charge is -2.21. The molecule has 0 fully saturated rings. The fourth-order valence-corrected chi connectivity index (χ4v) is 3.73. The van der Waals surface area contributed by atoms with Gasteiger partial charge < -0.3 is 10.2 Å². The molecule has 25 heavy (non-hydrogen) atoms. The Morgan fingerprint density at radius 2 is 2.12 bits per heavy atom. The van der Waals surface area contributed by atoms with Crippen LogP contribution in [0.25, 0.3) is 0 Å². The second-order valence-electron chi connectivity index (χ2n) is 5.39. The van der Waals surface area contributed by atoms with E-state index in [1.54, 1.807) is 0 Å². The Bertz CT molecular complexity index is 742. The van der Waals surface area contributed by atoms with E-state index in [1.165, 1.54) is 52.3 Å². The number of nitrogens with one attached hydrogen (secondary N) is 1. The lowest BCUT2D eigenvalue weighted by molar-refractivity contribution is -0.116. The summed E-state index contributed by atoms with van der Waals surface area (Å²) in [5, 5.41) is 20.7. The van der Waals surface area contributed by atoms with Gasteiger partial charge in [-0.1, -0.05) is 23.1 Å². The summed E-state index contributed by atoms with van der Waals surface area (Å²) >= 11 is 2.68. The van der Waals surface area contributed by atoms with E-state index in [2.05, 4.69) is 15.5 Å². The molecule has 2 rings (SSSR count). The van der Waals surface area contributed by atoms with Crippen LogP contribution < -0.4 is 10.2 Å². The Hall–Kier alpha value is -2.18. The minimum atomic E-state index is -0.371. The van der Waals surface area contributed by atoms with Crippen molar-refractivity contribution < 1.29 is 9.18 Å². The van der Waals surface area contributed by atoms with Gasteiger partial charge in [0.1, 0.15) is 5.82 Å². The largest absolute Gasteiger partial charge is 0.358 e. The molecule has 0 saturated carbocycles. The third-order valence-corrected chi connectivity index (χ3v) is 5.00. The molecule has 1 heterocycles. The van der Waals surface area contributed by atoms with Gasteiger partial charge >= 0.3 is 0 Å². The second-order valence-corrected chi connectivity index (χ2v) is 7.59. The van der Waals surface area contributed by atoms with E-state index < -0.39 is 0 Å². The van der Waals surface area contributed by atoms with Crippen LogP contribution in [0, 0.1) is 17.1 Å². The van der Waals surface area contributed by atoms with Crippen molar-refractivity contribution in [3.8, 4) is 6.07 Å². The van der Waals surface area contributed by atoms with Gasteiger partial charge in [-0.05, 0) is 38.1 Å². The van der Waals surface area contributed by atoms with Gasteiger partial charge in [0, 0.05) is 18.3 Å². The smallest absolute Gasteiger partial charge is 0.237 e. The molecule has 0 aliphatic carbocycles. The van der Waals surface area contributed by atoms with E-state index in [0.29, 0.717) is 15.2 Å². The van der Waals surface area contributed by atoms with E-state index >= 15 is 0 Å². The number of rotatable bonds is 8. The van der Waals surface area contributed by atoms with Crippen LogP contribution in [0.2, 0.25) is 0 Å². The van der Waals surface area contributed by atoms with Gasteiger partial charge in [0.25, 0.3) is 0 Å². The molecule has 132 valence electrons. The number of nitriles is 1. The van der Waals surface area contributed by atoms with Gasteiger partial charge in [0.15, 0.2) is 4.34 Å². The molecule has 1 N–H and O–H groups in total. The third-order valence-electron chi connectivity index (χ3n) is 3.02. The predicted molar refractivity (Wildman–Crippen MR) is 98.4 cm³/mol. The SMILES string of the molecule is CC(C)Nc1nnc(SCC(=O)N(CCC#N)c2ccc(F)cc2)s1. The molecule has 0 aliphatic heterocycles. The Kier molecular flexibility index (Phi) is 7.16. The van der Waals surface area contributed by atoms with E-state index in [-0.39, 0.29) is 36.5 Å². The maximum atomic E-state index is 13.1. The zero-order valence-corrected chi connectivity index (χ0v) is 15.5. The van der Waals surface area contributed by atoms with Crippen LogP contribution in [0.15, 0.2) is 28.6 Å². The zero-order chi connectivity index (χ0) is 18.2. The first-order valence-corrected chi connectivity index (χ1v) is 9.45. The summed E-state index contributed by atoms with van der Waals surface area (Å²) in [6, 6.07) is 7.94.